The fourth-order valence-electron chi connectivity index (χ4n) is 3.24. The van der Waals surface area contributed by atoms with E-state index in [0.717, 1.165) is 38.5 Å². The highest BCUT2D eigenvalue weighted by Gasteiger charge is 2.12. The van der Waals surface area contributed by atoms with Crippen molar-refractivity contribution in [1.29, 1.82) is 0 Å². The van der Waals surface area contributed by atoms with Crippen molar-refractivity contribution < 1.29 is 4.42 Å². The van der Waals surface area contributed by atoms with Crippen molar-refractivity contribution in [2.45, 2.75) is 0 Å². The van der Waals surface area contributed by atoms with Gasteiger partial charge in [0.15, 0.2) is 0 Å². The summed E-state index contributed by atoms with van der Waals surface area (Å²) in [7, 11) is 0. The first-order chi connectivity index (χ1) is 11.7. The summed E-state index contributed by atoms with van der Waals surface area (Å²) in [5.41, 5.74) is 3.64. The summed E-state index contributed by atoms with van der Waals surface area (Å²) in [5, 5.41) is 4.39. The maximum atomic E-state index is 6.43. The van der Waals surface area contributed by atoms with Crippen molar-refractivity contribution in [3.63, 3.8) is 0 Å². The van der Waals surface area contributed by atoms with Gasteiger partial charge >= 0.3 is 0 Å². The molecular weight excluding hydrogens is 341 g/mol. The second-order valence-electron chi connectivity index (χ2n) is 5.76. The van der Waals surface area contributed by atoms with Crippen LogP contribution in [0.15, 0.2) is 71.3 Å². The maximum absolute atomic E-state index is 6.43. The lowest BCUT2D eigenvalue weighted by Crippen LogP contribution is -1.92. The Morgan fingerprint density at radius 2 is 1.62 bits per heavy atom. The van der Waals surface area contributed by atoms with Crippen LogP contribution in [-0.4, -0.2) is 4.57 Å². The van der Waals surface area contributed by atoms with Gasteiger partial charge in [-0.05, 0) is 30.3 Å². The summed E-state index contributed by atoms with van der Waals surface area (Å²) in [6.07, 6.45) is 2.00. The fraction of sp³-hybridized carbons (Fsp3) is 0. The summed E-state index contributed by atoms with van der Waals surface area (Å²) in [6.45, 7) is 0. The zero-order chi connectivity index (χ0) is 16.3. The molecular formula is C20H11Cl2NO. The van der Waals surface area contributed by atoms with E-state index in [-0.39, 0.29) is 0 Å². The highest BCUT2D eigenvalue weighted by atomic mass is 35.5. The van der Waals surface area contributed by atoms with Crippen LogP contribution in [0, 0.1) is 0 Å². The SMILES string of the molecule is Clc1ccc2ccn(-c3ccc4c(c3)oc3ccccc34)c2c1Cl. The molecule has 0 aliphatic heterocycles. The molecule has 2 aromatic heterocycles. The van der Waals surface area contributed by atoms with Crippen LogP contribution >= 0.6 is 23.2 Å². The van der Waals surface area contributed by atoms with Crippen LogP contribution in [0.2, 0.25) is 10.0 Å². The zero-order valence-corrected chi connectivity index (χ0v) is 14.0. The van der Waals surface area contributed by atoms with Gasteiger partial charge in [0.1, 0.15) is 11.2 Å². The smallest absolute Gasteiger partial charge is 0.137 e. The van der Waals surface area contributed by atoms with Gasteiger partial charge in [0.05, 0.1) is 15.6 Å². The topological polar surface area (TPSA) is 18.1 Å². The van der Waals surface area contributed by atoms with Gasteiger partial charge in [-0.2, -0.15) is 0 Å². The Morgan fingerprint density at radius 3 is 2.54 bits per heavy atom. The molecule has 5 aromatic rings. The highest BCUT2D eigenvalue weighted by Crippen LogP contribution is 2.35. The van der Waals surface area contributed by atoms with Gasteiger partial charge in [0, 0.05) is 34.1 Å². The van der Waals surface area contributed by atoms with Gasteiger partial charge in [0.25, 0.3) is 0 Å². The van der Waals surface area contributed by atoms with Crippen LogP contribution < -0.4 is 0 Å². The number of hydrogen-bond acceptors (Lipinski definition) is 1. The molecule has 2 nitrogen and oxygen atoms in total. The molecule has 0 fully saturated rings. The number of rotatable bonds is 1. The van der Waals surface area contributed by atoms with E-state index in [9.17, 15) is 0 Å². The molecule has 0 N–H and O–H groups in total. The lowest BCUT2D eigenvalue weighted by atomic mass is 10.1. The molecule has 0 atom stereocenters. The number of fused-ring (bicyclic) bond motifs is 4. The normalized spacial score (nSPS) is 11.8. The molecule has 0 unspecified atom stereocenters. The molecule has 0 aliphatic rings. The number of furan rings is 1. The minimum absolute atomic E-state index is 0.550. The van der Waals surface area contributed by atoms with Crippen molar-refractivity contribution in [2.75, 3.05) is 0 Å². The molecule has 0 aliphatic carbocycles. The van der Waals surface area contributed by atoms with E-state index in [1.54, 1.807) is 0 Å². The van der Waals surface area contributed by atoms with E-state index in [1.807, 2.05) is 53.2 Å². The van der Waals surface area contributed by atoms with Gasteiger partial charge < -0.3 is 8.98 Å². The van der Waals surface area contributed by atoms with Gasteiger partial charge in [-0.15, -0.1) is 0 Å². The Bertz CT molecular complexity index is 1230. The third kappa shape index (κ3) is 1.90. The molecule has 0 spiro atoms. The van der Waals surface area contributed by atoms with Crippen LogP contribution in [-0.2, 0) is 0 Å². The number of nitrogens with zero attached hydrogens (tertiary/aromatic N) is 1. The van der Waals surface area contributed by atoms with Crippen molar-refractivity contribution in [1.82, 2.24) is 4.57 Å². The number of aromatic nitrogens is 1. The van der Waals surface area contributed by atoms with Crippen molar-refractivity contribution >= 4 is 56.0 Å². The first kappa shape index (κ1) is 14.0. The van der Waals surface area contributed by atoms with Crippen LogP contribution in [0.25, 0.3) is 38.5 Å². The molecule has 2 heterocycles. The van der Waals surface area contributed by atoms with Gasteiger partial charge in [-0.1, -0.05) is 47.5 Å². The molecule has 0 saturated carbocycles. The molecule has 0 bridgehead atoms. The summed E-state index contributed by atoms with van der Waals surface area (Å²) in [5.74, 6) is 0. The van der Waals surface area contributed by atoms with E-state index < -0.39 is 0 Å². The Kier molecular flexibility index (Phi) is 2.93. The summed E-state index contributed by atoms with van der Waals surface area (Å²) in [6, 6.07) is 20.1. The molecule has 4 heteroatoms. The first-order valence-corrected chi connectivity index (χ1v) is 8.35. The minimum Gasteiger partial charge on any atom is -0.456 e. The predicted molar refractivity (Wildman–Crippen MR) is 101 cm³/mol. The summed E-state index contributed by atoms with van der Waals surface area (Å²) in [4.78, 5) is 0. The minimum atomic E-state index is 0.550. The number of benzene rings is 3. The summed E-state index contributed by atoms with van der Waals surface area (Å²) >= 11 is 12.6. The number of hydrogen-bond donors (Lipinski definition) is 0. The lowest BCUT2D eigenvalue weighted by molar-refractivity contribution is 0.668. The van der Waals surface area contributed by atoms with E-state index in [4.69, 9.17) is 27.6 Å². The monoisotopic (exact) mass is 351 g/mol. The Morgan fingerprint density at radius 1 is 0.792 bits per heavy atom. The third-order valence-corrected chi connectivity index (χ3v) is 5.18. The average Bonchev–Trinajstić information content (AvgIpc) is 3.19. The number of para-hydroxylation sites is 1. The lowest BCUT2D eigenvalue weighted by Gasteiger charge is -2.07. The average molecular weight is 352 g/mol. The van der Waals surface area contributed by atoms with E-state index in [0.29, 0.717) is 10.0 Å². The summed E-state index contributed by atoms with van der Waals surface area (Å²) < 4.78 is 8.02. The Labute approximate surface area is 147 Å². The molecule has 116 valence electrons. The first-order valence-electron chi connectivity index (χ1n) is 7.59. The highest BCUT2D eigenvalue weighted by molar-refractivity contribution is 6.45. The van der Waals surface area contributed by atoms with Crippen molar-refractivity contribution in [3.8, 4) is 5.69 Å². The second kappa shape index (κ2) is 5.04. The van der Waals surface area contributed by atoms with E-state index >= 15 is 0 Å². The van der Waals surface area contributed by atoms with Gasteiger partial charge in [0.2, 0.25) is 0 Å². The van der Waals surface area contributed by atoms with Crippen LogP contribution in [0.1, 0.15) is 0 Å². The molecule has 3 aromatic carbocycles. The van der Waals surface area contributed by atoms with Crippen molar-refractivity contribution in [2.24, 2.45) is 0 Å². The van der Waals surface area contributed by atoms with Crippen LogP contribution in [0.4, 0.5) is 0 Å². The van der Waals surface area contributed by atoms with Crippen molar-refractivity contribution in [3.05, 3.63) is 76.9 Å². The Hall–Kier alpha value is -2.42. The molecule has 0 radical (unpaired) electrons. The Balaban J connectivity index is 1.80. The van der Waals surface area contributed by atoms with Crippen LogP contribution in [0.3, 0.4) is 0 Å². The van der Waals surface area contributed by atoms with E-state index in [1.165, 1.54) is 0 Å². The molecule has 0 saturated heterocycles. The van der Waals surface area contributed by atoms with E-state index in [2.05, 4.69) is 18.2 Å². The molecule has 0 amide bonds. The quantitative estimate of drug-likeness (QED) is 0.323. The standard InChI is InChI=1S/C20H11Cl2NO/c21-16-8-5-12-9-10-23(20(12)19(16)22)13-6-7-15-14-3-1-2-4-17(14)24-18(15)11-13/h1-11H. The zero-order valence-electron chi connectivity index (χ0n) is 12.5. The fourth-order valence-corrected chi connectivity index (χ4v) is 3.66. The van der Waals surface area contributed by atoms with Gasteiger partial charge in [-0.25, -0.2) is 0 Å². The molecule has 24 heavy (non-hydrogen) atoms. The van der Waals surface area contributed by atoms with Crippen LogP contribution in [0.5, 0.6) is 0 Å². The second-order valence-corrected chi connectivity index (χ2v) is 6.55. The van der Waals surface area contributed by atoms with Gasteiger partial charge in [-0.3, -0.25) is 0 Å². The number of halogens is 2. The maximum Gasteiger partial charge on any atom is 0.137 e. The predicted octanol–water partition coefficient (Wildman–Crippen LogP) is 6.84. The molecule has 5 rings (SSSR count). The third-order valence-electron chi connectivity index (χ3n) is 4.38. The largest absolute Gasteiger partial charge is 0.456 e.